The second-order valence-corrected chi connectivity index (χ2v) is 6.24. The maximum absolute atomic E-state index is 12.2. The van der Waals surface area contributed by atoms with Gasteiger partial charge in [0.05, 0.1) is 12.1 Å². The van der Waals surface area contributed by atoms with Crippen molar-refractivity contribution < 1.29 is 14.1 Å². The quantitative estimate of drug-likeness (QED) is 0.694. The Bertz CT molecular complexity index is 514. The molecule has 2 heterocycles. The van der Waals surface area contributed by atoms with Gasteiger partial charge in [-0.05, 0) is 27.2 Å². The Labute approximate surface area is 143 Å². The Hall–Kier alpha value is -1.51. The first-order chi connectivity index (χ1) is 11.5. The average Bonchev–Trinajstić information content (AvgIpc) is 3.04. The van der Waals surface area contributed by atoms with Gasteiger partial charge in [-0.2, -0.15) is 4.98 Å². The number of nitrogens with zero attached hydrogens (tertiary/aromatic N) is 4. The predicted molar refractivity (Wildman–Crippen MR) is 89.6 cm³/mol. The first-order valence-corrected chi connectivity index (χ1v) is 8.58. The third-order valence-electron chi connectivity index (χ3n) is 4.55. The molecule has 0 spiro atoms. The first-order valence-electron chi connectivity index (χ1n) is 8.58. The van der Waals surface area contributed by atoms with Crippen molar-refractivity contribution in [3.63, 3.8) is 0 Å². The lowest BCUT2D eigenvalue weighted by Gasteiger charge is -2.39. The smallest absolute Gasteiger partial charge is 0.243 e. The lowest BCUT2D eigenvalue weighted by molar-refractivity contribution is -0.126. The third-order valence-corrected chi connectivity index (χ3v) is 4.55. The van der Waals surface area contributed by atoms with Crippen LogP contribution >= 0.6 is 0 Å². The van der Waals surface area contributed by atoms with Gasteiger partial charge in [0, 0.05) is 46.4 Å². The summed E-state index contributed by atoms with van der Waals surface area (Å²) in [6.45, 7) is 10.7. The monoisotopic (exact) mass is 339 g/mol. The van der Waals surface area contributed by atoms with Crippen LogP contribution in [0, 0.1) is 6.92 Å². The van der Waals surface area contributed by atoms with E-state index >= 15 is 0 Å². The van der Waals surface area contributed by atoms with Crippen LogP contribution < -0.4 is 5.32 Å². The van der Waals surface area contributed by atoms with E-state index in [1.54, 1.807) is 7.11 Å². The fraction of sp³-hybridized carbons (Fsp3) is 0.812. The highest BCUT2D eigenvalue weighted by molar-refractivity contribution is 5.81. The Kier molecular flexibility index (Phi) is 7.14. The van der Waals surface area contributed by atoms with Crippen molar-refractivity contribution in [1.82, 2.24) is 25.3 Å². The summed E-state index contributed by atoms with van der Waals surface area (Å²) in [7, 11) is 1.67. The summed E-state index contributed by atoms with van der Waals surface area (Å²) < 4.78 is 10.3. The summed E-state index contributed by atoms with van der Waals surface area (Å²) in [5.41, 5.74) is 0. The molecular weight excluding hydrogens is 310 g/mol. The van der Waals surface area contributed by atoms with Gasteiger partial charge < -0.3 is 14.6 Å². The van der Waals surface area contributed by atoms with Crippen molar-refractivity contribution in [1.29, 1.82) is 0 Å². The zero-order valence-corrected chi connectivity index (χ0v) is 15.1. The molecular formula is C16H29N5O3. The van der Waals surface area contributed by atoms with E-state index < -0.39 is 0 Å². The Morgan fingerprint density at radius 2 is 1.96 bits per heavy atom. The van der Waals surface area contributed by atoms with E-state index in [4.69, 9.17) is 9.26 Å². The summed E-state index contributed by atoms with van der Waals surface area (Å²) in [6, 6.07) is -0.0119. The zero-order valence-electron chi connectivity index (χ0n) is 15.1. The van der Waals surface area contributed by atoms with Crippen molar-refractivity contribution >= 4 is 5.91 Å². The van der Waals surface area contributed by atoms with Crippen molar-refractivity contribution in [2.24, 2.45) is 0 Å². The van der Waals surface area contributed by atoms with Crippen LogP contribution in [0.2, 0.25) is 0 Å². The molecule has 0 saturated carbocycles. The molecule has 1 fully saturated rings. The lowest BCUT2D eigenvalue weighted by Crippen LogP contribution is -2.54. The van der Waals surface area contributed by atoms with Gasteiger partial charge in [-0.15, -0.1) is 0 Å². The van der Waals surface area contributed by atoms with Crippen LogP contribution in [0.1, 0.15) is 38.0 Å². The molecule has 1 amide bonds. The topological polar surface area (TPSA) is 83.7 Å². The van der Waals surface area contributed by atoms with E-state index in [1.807, 2.05) is 13.8 Å². The van der Waals surface area contributed by atoms with Gasteiger partial charge in [0.15, 0.2) is 5.82 Å². The summed E-state index contributed by atoms with van der Waals surface area (Å²) in [4.78, 5) is 21.0. The number of nitrogens with one attached hydrogen (secondary N) is 1. The summed E-state index contributed by atoms with van der Waals surface area (Å²) in [6.07, 6.45) is 0.837. The molecule has 0 radical (unpaired) electrons. The van der Waals surface area contributed by atoms with Crippen LogP contribution in [0.25, 0.3) is 0 Å². The number of rotatable bonds is 8. The number of hydrogen-bond donors (Lipinski definition) is 1. The van der Waals surface area contributed by atoms with Gasteiger partial charge in [0.2, 0.25) is 11.8 Å². The molecule has 1 aromatic rings. The molecule has 8 heteroatoms. The molecule has 2 rings (SSSR count). The normalized spacial score (nSPS) is 19.2. The van der Waals surface area contributed by atoms with E-state index in [1.165, 1.54) is 0 Å². The second-order valence-electron chi connectivity index (χ2n) is 6.24. The lowest BCUT2D eigenvalue weighted by atomic mass is 10.2. The van der Waals surface area contributed by atoms with Crippen molar-refractivity contribution in [3.8, 4) is 0 Å². The summed E-state index contributed by atoms with van der Waals surface area (Å²) in [5.74, 6) is 1.40. The minimum Gasteiger partial charge on any atom is -0.385 e. The summed E-state index contributed by atoms with van der Waals surface area (Å²) in [5, 5.41) is 6.83. The first kappa shape index (κ1) is 18.8. The molecule has 136 valence electrons. The molecule has 0 aromatic carbocycles. The zero-order chi connectivity index (χ0) is 17.5. The second kappa shape index (κ2) is 9.10. The predicted octanol–water partition coefficient (Wildman–Crippen LogP) is 0.598. The van der Waals surface area contributed by atoms with Crippen molar-refractivity contribution in [3.05, 3.63) is 11.7 Å². The highest BCUT2D eigenvalue weighted by Gasteiger charge is 2.29. The molecule has 1 aliphatic heterocycles. The van der Waals surface area contributed by atoms with Gasteiger partial charge in [-0.1, -0.05) is 5.16 Å². The van der Waals surface area contributed by atoms with Crippen LogP contribution in [0.5, 0.6) is 0 Å². The Morgan fingerprint density at radius 1 is 1.29 bits per heavy atom. The number of aryl methyl sites for hydroxylation is 1. The van der Waals surface area contributed by atoms with E-state index in [0.29, 0.717) is 24.9 Å². The number of hydrogen-bond acceptors (Lipinski definition) is 7. The molecule has 1 aliphatic rings. The molecule has 1 aromatic heterocycles. The number of aromatic nitrogens is 2. The van der Waals surface area contributed by atoms with Gasteiger partial charge in [0.25, 0.3) is 0 Å². The molecule has 0 bridgehead atoms. The minimum atomic E-state index is -0.115. The van der Waals surface area contributed by atoms with Gasteiger partial charge in [0.1, 0.15) is 0 Å². The van der Waals surface area contributed by atoms with Crippen LogP contribution in [-0.4, -0.2) is 78.3 Å². The molecule has 0 aliphatic carbocycles. The third kappa shape index (κ3) is 4.99. The van der Waals surface area contributed by atoms with Gasteiger partial charge >= 0.3 is 0 Å². The fourth-order valence-electron chi connectivity index (χ4n) is 2.89. The van der Waals surface area contributed by atoms with Gasteiger partial charge in [-0.25, -0.2) is 0 Å². The highest BCUT2D eigenvalue weighted by Crippen LogP contribution is 2.20. The minimum absolute atomic E-state index is 0.0835. The number of piperazine rings is 1. The van der Waals surface area contributed by atoms with Crippen LogP contribution in [-0.2, 0) is 9.53 Å². The average molecular weight is 339 g/mol. The standard InChI is InChI=1S/C16H29N5O3/c1-12(15(22)17-6-5-11-23-4)20-7-9-21(10-8-20)13(2)16-18-14(3)19-24-16/h12-13H,5-11H2,1-4H3,(H,17,22)/t12-,13+/m1/s1. The van der Waals surface area contributed by atoms with Crippen LogP contribution in [0.15, 0.2) is 4.52 Å². The number of methoxy groups -OCH3 is 1. The number of amides is 1. The van der Waals surface area contributed by atoms with E-state index in [0.717, 1.165) is 32.6 Å². The van der Waals surface area contributed by atoms with E-state index in [-0.39, 0.29) is 18.0 Å². The van der Waals surface area contributed by atoms with Crippen LogP contribution in [0.3, 0.4) is 0 Å². The van der Waals surface area contributed by atoms with Crippen LogP contribution in [0.4, 0.5) is 0 Å². The van der Waals surface area contributed by atoms with Crippen molar-refractivity contribution in [2.75, 3.05) is 46.4 Å². The largest absolute Gasteiger partial charge is 0.385 e. The Morgan fingerprint density at radius 3 is 2.54 bits per heavy atom. The molecule has 8 nitrogen and oxygen atoms in total. The molecule has 1 N–H and O–H groups in total. The molecule has 2 atom stereocenters. The van der Waals surface area contributed by atoms with Crippen molar-refractivity contribution in [2.45, 2.75) is 39.3 Å². The SMILES string of the molecule is COCCCNC(=O)[C@@H](C)N1CCN([C@@H](C)c2nc(C)no2)CC1. The van der Waals surface area contributed by atoms with Gasteiger partial charge in [-0.3, -0.25) is 14.6 Å². The van der Waals surface area contributed by atoms with E-state index in [2.05, 4.69) is 32.2 Å². The molecule has 24 heavy (non-hydrogen) atoms. The number of carbonyl (C=O) groups excluding carboxylic acids is 1. The summed E-state index contributed by atoms with van der Waals surface area (Å²) >= 11 is 0. The fourth-order valence-corrected chi connectivity index (χ4v) is 2.89. The van der Waals surface area contributed by atoms with E-state index in [9.17, 15) is 4.79 Å². The highest BCUT2D eigenvalue weighted by atomic mass is 16.5. The molecule has 0 unspecified atom stereocenters. The number of ether oxygens (including phenoxy) is 1. The maximum Gasteiger partial charge on any atom is 0.243 e. The molecule has 1 saturated heterocycles. The number of carbonyl (C=O) groups is 1. The maximum atomic E-state index is 12.2. The Balaban J connectivity index is 1.76.